The van der Waals surface area contributed by atoms with Crippen LogP contribution in [0, 0.1) is 0 Å². The Labute approximate surface area is 102 Å². The lowest BCUT2D eigenvalue weighted by atomic mass is 9.78. The highest BCUT2D eigenvalue weighted by atomic mass is 19.1. The largest absolute Gasteiger partial charge is 0.313 e. The van der Waals surface area contributed by atoms with E-state index in [1.54, 1.807) is 0 Å². The number of alkyl halides is 1. The average Bonchev–Trinajstić information content (AvgIpc) is 2.28. The van der Waals surface area contributed by atoms with Gasteiger partial charge in [-0.2, -0.15) is 0 Å². The van der Waals surface area contributed by atoms with Crippen molar-refractivity contribution in [1.29, 1.82) is 0 Å². The van der Waals surface area contributed by atoms with Crippen LogP contribution in [0.3, 0.4) is 0 Å². The third kappa shape index (κ3) is 2.11. The molecule has 0 aromatic heterocycles. The van der Waals surface area contributed by atoms with Crippen molar-refractivity contribution in [2.24, 2.45) is 0 Å². The Morgan fingerprint density at radius 1 is 1.24 bits per heavy atom. The van der Waals surface area contributed by atoms with Crippen LogP contribution in [0.2, 0.25) is 0 Å². The molecular formula is C15H20FN. The maximum absolute atomic E-state index is 14.8. The van der Waals surface area contributed by atoms with Gasteiger partial charge in [-0.3, -0.25) is 0 Å². The minimum Gasteiger partial charge on any atom is -0.313 e. The normalized spacial score (nSPS) is 29.9. The van der Waals surface area contributed by atoms with E-state index in [9.17, 15) is 4.39 Å². The molecule has 2 heteroatoms. The van der Waals surface area contributed by atoms with Gasteiger partial charge >= 0.3 is 0 Å². The fourth-order valence-electron chi connectivity index (χ4n) is 2.93. The van der Waals surface area contributed by atoms with Crippen LogP contribution in [0.15, 0.2) is 24.3 Å². The molecule has 1 heterocycles. The molecule has 1 aromatic carbocycles. The van der Waals surface area contributed by atoms with E-state index in [0.29, 0.717) is 18.9 Å². The van der Waals surface area contributed by atoms with Crippen LogP contribution < -0.4 is 5.32 Å². The molecular weight excluding hydrogens is 213 g/mol. The van der Waals surface area contributed by atoms with E-state index in [-0.39, 0.29) is 0 Å². The van der Waals surface area contributed by atoms with Gasteiger partial charge in [0.15, 0.2) is 0 Å². The van der Waals surface area contributed by atoms with E-state index < -0.39 is 5.67 Å². The number of hydrogen-bond donors (Lipinski definition) is 1. The highest BCUT2D eigenvalue weighted by Crippen LogP contribution is 2.39. The molecule has 1 atom stereocenters. The smallest absolute Gasteiger partial charge is 0.148 e. The molecule has 0 radical (unpaired) electrons. The van der Waals surface area contributed by atoms with Crippen molar-refractivity contribution in [2.75, 3.05) is 13.1 Å². The van der Waals surface area contributed by atoms with Gasteiger partial charge < -0.3 is 5.32 Å². The van der Waals surface area contributed by atoms with Crippen molar-refractivity contribution in [2.45, 2.75) is 43.7 Å². The summed E-state index contributed by atoms with van der Waals surface area (Å²) < 4.78 is 14.8. The highest BCUT2D eigenvalue weighted by molar-refractivity contribution is 5.32. The van der Waals surface area contributed by atoms with Gasteiger partial charge in [-0.1, -0.05) is 30.7 Å². The summed E-state index contributed by atoms with van der Waals surface area (Å²) in [7, 11) is 0. The molecule has 17 heavy (non-hydrogen) atoms. The Kier molecular flexibility index (Phi) is 2.91. The molecule has 1 aliphatic heterocycles. The third-order valence-electron chi connectivity index (χ3n) is 4.31. The summed E-state index contributed by atoms with van der Waals surface area (Å²) in [6.07, 6.45) is 5.48. The Morgan fingerprint density at radius 3 is 2.76 bits per heavy atom. The molecule has 2 aliphatic rings. The molecule has 92 valence electrons. The first kappa shape index (κ1) is 11.2. The van der Waals surface area contributed by atoms with E-state index in [0.717, 1.165) is 18.5 Å². The minimum atomic E-state index is -1.14. The molecule has 1 aromatic rings. The molecule has 0 amide bonds. The Bertz CT molecular complexity index is 392. The molecule has 1 unspecified atom stereocenters. The zero-order chi connectivity index (χ0) is 11.7. The van der Waals surface area contributed by atoms with E-state index in [4.69, 9.17) is 0 Å². The average molecular weight is 233 g/mol. The monoisotopic (exact) mass is 233 g/mol. The lowest BCUT2D eigenvalue weighted by Crippen LogP contribution is -2.40. The zero-order valence-electron chi connectivity index (χ0n) is 10.2. The van der Waals surface area contributed by atoms with Crippen molar-refractivity contribution in [1.82, 2.24) is 5.32 Å². The molecule has 1 N–H and O–H groups in total. The summed E-state index contributed by atoms with van der Waals surface area (Å²) in [5.74, 6) is 0.690. The predicted octanol–water partition coefficient (Wildman–Crippen LogP) is 3.50. The molecule has 0 spiro atoms. The summed E-state index contributed by atoms with van der Waals surface area (Å²) in [5, 5.41) is 3.18. The van der Waals surface area contributed by atoms with E-state index in [2.05, 4.69) is 17.4 Å². The first-order valence-corrected chi connectivity index (χ1v) is 6.78. The molecule has 1 nitrogen and oxygen atoms in total. The number of benzene rings is 1. The molecule has 1 saturated carbocycles. The lowest BCUT2D eigenvalue weighted by molar-refractivity contribution is 0.122. The van der Waals surface area contributed by atoms with Crippen LogP contribution in [0.25, 0.3) is 0 Å². The summed E-state index contributed by atoms with van der Waals surface area (Å²) in [6, 6.07) is 8.25. The fourth-order valence-corrected chi connectivity index (χ4v) is 2.93. The van der Waals surface area contributed by atoms with Crippen molar-refractivity contribution in [3.05, 3.63) is 35.4 Å². The maximum atomic E-state index is 14.8. The summed E-state index contributed by atoms with van der Waals surface area (Å²) in [4.78, 5) is 0. The number of piperidine rings is 1. The van der Waals surface area contributed by atoms with Crippen LogP contribution in [0.1, 0.15) is 49.1 Å². The van der Waals surface area contributed by atoms with Crippen molar-refractivity contribution >= 4 is 0 Å². The molecule has 3 rings (SSSR count). The van der Waals surface area contributed by atoms with Crippen LogP contribution in [-0.4, -0.2) is 13.1 Å². The van der Waals surface area contributed by atoms with Crippen LogP contribution in [-0.2, 0) is 5.67 Å². The van der Waals surface area contributed by atoms with Gasteiger partial charge in [-0.25, -0.2) is 4.39 Å². The van der Waals surface area contributed by atoms with Crippen LogP contribution >= 0.6 is 0 Å². The second-order valence-electron chi connectivity index (χ2n) is 5.50. The molecule has 0 bridgehead atoms. The standard InChI is InChI=1S/C15H20FN/c16-15(8-3-9-17-11-15)14-7-2-6-13(10-14)12-4-1-5-12/h2,6-7,10,12,17H,1,3-5,8-9,11H2. The second-order valence-corrected chi connectivity index (χ2v) is 5.50. The van der Waals surface area contributed by atoms with Gasteiger partial charge in [0.2, 0.25) is 0 Å². The Hall–Kier alpha value is -0.890. The Balaban J connectivity index is 1.86. The van der Waals surface area contributed by atoms with Gasteiger partial charge in [0.25, 0.3) is 0 Å². The zero-order valence-corrected chi connectivity index (χ0v) is 10.2. The topological polar surface area (TPSA) is 12.0 Å². The molecule has 1 saturated heterocycles. The van der Waals surface area contributed by atoms with E-state index in [1.165, 1.54) is 24.8 Å². The first-order chi connectivity index (χ1) is 8.28. The first-order valence-electron chi connectivity index (χ1n) is 6.78. The van der Waals surface area contributed by atoms with Gasteiger partial charge in [0, 0.05) is 6.54 Å². The lowest BCUT2D eigenvalue weighted by Gasteiger charge is -2.32. The van der Waals surface area contributed by atoms with E-state index in [1.807, 2.05) is 12.1 Å². The molecule has 2 fully saturated rings. The van der Waals surface area contributed by atoms with Gasteiger partial charge in [0.05, 0.1) is 0 Å². The summed E-state index contributed by atoms with van der Waals surface area (Å²) in [6.45, 7) is 1.43. The molecule has 1 aliphatic carbocycles. The number of halogens is 1. The SMILES string of the molecule is FC1(c2cccc(C3CCC3)c2)CCCNC1. The quantitative estimate of drug-likeness (QED) is 0.824. The van der Waals surface area contributed by atoms with Crippen molar-refractivity contribution < 1.29 is 4.39 Å². The number of nitrogens with one attached hydrogen (secondary N) is 1. The van der Waals surface area contributed by atoms with E-state index >= 15 is 0 Å². The van der Waals surface area contributed by atoms with Crippen LogP contribution in [0.5, 0.6) is 0 Å². The second kappa shape index (κ2) is 4.41. The Morgan fingerprint density at radius 2 is 2.12 bits per heavy atom. The highest BCUT2D eigenvalue weighted by Gasteiger charge is 2.34. The van der Waals surface area contributed by atoms with Gasteiger partial charge in [-0.05, 0) is 49.3 Å². The third-order valence-corrected chi connectivity index (χ3v) is 4.31. The van der Waals surface area contributed by atoms with Crippen molar-refractivity contribution in [3.63, 3.8) is 0 Å². The predicted molar refractivity (Wildman–Crippen MR) is 67.9 cm³/mol. The maximum Gasteiger partial charge on any atom is 0.148 e. The fraction of sp³-hybridized carbons (Fsp3) is 0.600. The van der Waals surface area contributed by atoms with Gasteiger partial charge in [0.1, 0.15) is 5.67 Å². The van der Waals surface area contributed by atoms with Crippen molar-refractivity contribution in [3.8, 4) is 0 Å². The summed E-state index contributed by atoms with van der Waals surface area (Å²) in [5.41, 5.74) is 1.09. The van der Waals surface area contributed by atoms with Crippen LogP contribution in [0.4, 0.5) is 4.39 Å². The minimum absolute atomic E-state index is 0.473. The summed E-state index contributed by atoms with van der Waals surface area (Å²) >= 11 is 0. The van der Waals surface area contributed by atoms with Gasteiger partial charge in [-0.15, -0.1) is 0 Å². The number of rotatable bonds is 2. The number of hydrogen-bond acceptors (Lipinski definition) is 1.